The average Bonchev–Trinajstić information content (AvgIpc) is 2.95. The Kier molecular flexibility index (Phi) is 12.2. The van der Waals surface area contributed by atoms with Crippen LogP contribution in [0.25, 0.3) is 0 Å². The minimum Gasteiger partial charge on any atom is -0.417 e. The lowest BCUT2D eigenvalue weighted by atomic mass is 9.80. The summed E-state index contributed by atoms with van der Waals surface area (Å²) in [5.41, 5.74) is 2.48. The molecule has 0 saturated heterocycles. The second kappa shape index (κ2) is 14.8. The largest absolute Gasteiger partial charge is 0.417 e. The molecule has 1 atom stereocenters. The number of benzene rings is 3. The van der Waals surface area contributed by atoms with E-state index >= 15 is 0 Å². The van der Waals surface area contributed by atoms with Gasteiger partial charge in [-0.3, -0.25) is 0 Å². The molecule has 0 amide bonds. The van der Waals surface area contributed by atoms with E-state index in [9.17, 15) is 0 Å². The van der Waals surface area contributed by atoms with Crippen molar-refractivity contribution in [1.82, 2.24) is 0 Å². The van der Waals surface area contributed by atoms with Crippen molar-refractivity contribution in [2.24, 2.45) is 0 Å². The van der Waals surface area contributed by atoms with Gasteiger partial charge in [0.15, 0.2) is 16.6 Å². The molecule has 43 heavy (non-hydrogen) atoms. The molecule has 0 bridgehead atoms. The first-order valence-electron chi connectivity index (χ1n) is 15.8. The predicted molar refractivity (Wildman–Crippen MR) is 186 cm³/mol. The molecule has 0 unspecified atom stereocenters. The van der Waals surface area contributed by atoms with Gasteiger partial charge in [0, 0.05) is 6.61 Å². The van der Waals surface area contributed by atoms with Gasteiger partial charge in [0.25, 0.3) is 0 Å². The van der Waals surface area contributed by atoms with Gasteiger partial charge in [0.2, 0.25) is 0 Å². The van der Waals surface area contributed by atoms with Crippen molar-refractivity contribution < 1.29 is 18.3 Å². The quantitative estimate of drug-likeness (QED) is 0.0963. The molecule has 3 rings (SSSR count). The van der Waals surface area contributed by atoms with Gasteiger partial charge in [-0.15, -0.1) is 0 Å². The van der Waals surface area contributed by atoms with E-state index in [-0.39, 0.29) is 16.2 Å². The standard InChI is InChI=1S/C37H56O4Si2/c1-35(2,3)42(7,8)40-27-26-34(38-28-29-41-43(9,10)36(4,5)6)30-39-37(31-20-14-11-15-21-31,32-22-16-12-17-23-32)33-24-18-13-19-25-33/h11-25,34H,26-30H2,1-10H3/t34-/m0/s1. The van der Waals surface area contributed by atoms with Gasteiger partial charge in [-0.25, -0.2) is 0 Å². The van der Waals surface area contributed by atoms with Gasteiger partial charge in [-0.1, -0.05) is 133 Å². The second-order valence-electron chi connectivity index (χ2n) is 14.6. The number of rotatable bonds is 15. The zero-order chi connectivity index (χ0) is 31.8. The summed E-state index contributed by atoms with van der Waals surface area (Å²) in [6, 6.07) is 31.6. The lowest BCUT2D eigenvalue weighted by Crippen LogP contribution is -2.42. The molecular formula is C37H56O4Si2. The van der Waals surface area contributed by atoms with E-state index < -0.39 is 22.2 Å². The molecule has 0 aliphatic rings. The molecule has 0 aliphatic heterocycles. The summed E-state index contributed by atoms with van der Waals surface area (Å²) >= 11 is 0. The van der Waals surface area contributed by atoms with E-state index in [2.05, 4.69) is 159 Å². The lowest BCUT2D eigenvalue weighted by Gasteiger charge is -2.38. The molecule has 236 valence electrons. The Balaban J connectivity index is 1.89. The highest BCUT2D eigenvalue weighted by Gasteiger charge is 2.40. The molecule has 0 aliphatic carbocycles. The SMILES string of the molecule is CC(C)(C)[Si](C)(C)OCCO[C@@H](CCO[Si](C)(C)C(C)(C)C)COC(c1ccccc1)(c1ccccc1)c1ccccc1. The van der Waals surface area contributed by atoms with E-state index in [1.807, 2.05) is 0 Å². The molecule has 0 heterocycles. The fourth-order valence-electron chi connectivity index (χ4n) is 4.59. The number of hydrogen-bond donors (Lipinski definition) is 0. The number of hydrogen-bond acceptors (Lipinski definition) is 4. The van der Waals surface area contributed by atoms with Crippen LogP contribution < -0.4 is 0 Å². The molecule has 4 nitrogen and oxygen atoms in total. The normalized spacial score (nSPS) is 14.1. The Hall–Kier alpha value is -2.07. The average molecular weight is 621 g/mol. The van der Waals surface area contributed by atoms with Crippen LogP contribution in [0.15, 0.2) is 91.0 Å². The maximum atomic E-state index is 7.15. The maximum absolute atomic E-state index is 7.15. The third-order valence-electron chi connectivity index (χ3n) is 9.44. The summed E-state index contributed by atoms with van der Waals surface area (Å²) in [5.74, 6) is 0. The van der Waals surface area contributed by atoms with Crippen LogP contribution in [0.1, 0.15) is 64.7 Å². The Labute approximate surface area is 264 Å². The van der Waals surface area contributed by atoms with Crippen LogP contribution in [0, 0.1) is 0 Å². The van der Waals surface area contributed by atoms with Crippen LogP contribution in [0.2, 0.25) is 36.3 Å². The van der Waals surface area contributed by atoms with E-state index in [0.717, 1.165) is 23.1 Å². The third kappa shape index (κ3) is 9.22. The molecule has 6 heteroatoms. The fraction of sp³-hybridized carbons (Fsp3) is 0.514. The van der Waals surface area contributed by atoms with E-state index in [4.69, 9.17) is 18.3 Å². The van der Waals surface area contributed by atoms with Crippen molar-refractivity contribution in [3.63, 3.8) is 0 Å². The highest BCUT2D eigenvalue weighted by atomic mass is 28.4. The predicted octanol–water partition coefficient (Wildman–Crippen LogP) is 9.81. The molecule has 0 fully saturated rings. The Bertz CT molecular complexity index is 1120. The molecule has 0 aromatic heterocycles. The molecule has 0 saturated carbocycles. The first kappa shape index (κ1) is 35.4. The molecule has 0 N–H and O–H groups in total. The zero-order valence-electron chi connectivity index (χ0n) is 28.4. The second-order valence-corrected chi connectivity index (χ2v) is 24.2. The maximum Gasteiger partial charge on any atom is 0.192 e. The van der Waals surface area contributed by atoms with Gasteiger partial charge in [0.1, 0.15) is 5.60 Å². The van der Waals surface area contributed by atoms with Gasteiger partial charge < -0.3 is 18.3 Å². The summed E-state index contributed by atoms with van der Waals surface area (Å²) in [4.78, 5) is 0. The summed E-state index contributed by atoms with van der Waals surface area (Å²) in [7, 11) is -3.75. The lowest BCUT2D eigenvalue weighted by molar-refractivity contribution is -0.0750. The van der Waals surface area contributed by atoms with Crippen molar-refractivity contribution in [1.29, 1.82) is 0 Å². The van der Waals surface area contributed by atoms with Gasteiger partial charge in [-0.05, 0) is 59.4 Å². The molecule has 0 radical (unpaired) electrons. The summed E-state index contributed by atoms with van der Waals surface area (Å²) in [5, 5.41) is 0.313. The van der Waals surface area contributed by atoms with Crippen molar-refractivity contribution in [3.05, 3.63) is 108 Å². The smallest absolute Gasteiger partial charge is 0.192 e. The Morgan fingerprint density at radius 3 is 1.28 bits per heavy atom. The first-order valence-corrected chi connectivity index (χ1v) is 21.6. The van der Waals surface area contributed by atoms with Crippen LogP contribution >= 0.6 is 0 Å². The minimum absolute atomic E-state index is 0.150. The third-order valence-corrected chi connectivity index (χ3v) is 18.5. The highest BCUT2D eigenvalue weighted by Crippen LogP contribution is 2.41. The number of ether oxygens (including phenoxy) is 2. The highest BCUT2D eigenvalue weighted by molar-refractivity contribution is 6.74. The van der Waals surface area contributed by atoms with E-state index in [1.54, 1.807) is 0 Å². The van der Waals surface area contributed by atoms with E-state index in [0.29, 0.717) is 26.4 Å². The van der Waals surface area contributed by atoms with Crippen molar-refractivity contribution in [3.8, 4) is 0 Å². The monoisotopic (exact) mass is 620 g/mol. The Morgan fingerprint density at radius 1 is 0.535 bits per heavy atom. The van der Waals surface area contributed by atoms with Gasteiger partial charge >= 0.3 is 0 Å². The Morgan fingerprint density at radius 2 is 0.907 bits per heavy atom. The summed E-state index contributed by atoms with van der Waals surface area (Å²) < 4.78 is 26.8. The zero-order valence-corrected chi connectivity index (χ0v) is 30.4. The molecule has 3 aromatic carbocycles. The van der Waals surface area contributed by atoms with Gasteiger partial charge in [0.05, 0.1) is 25.9 Å². The van der Waals surface area contributed by atoms with Crippen molar-refractivity contribution >= 4 is 16.6 Å². The van der Waals surface area contributed by atoms with Crippen LogP contribution in [0.3, 0.4) is 0 Å². The molecular weight excluding hydrogens is 565 g/mol. The fourth-order valence-corrected chi connectivity index (χ4v) is 6.68. The first-order chi connectivity index (χ1) is 20.1. The van der Waals surface area contributed by atoms with Crippen LogP contribution in [0.5, 0.6) is 0 Å². The molecule has 3 aromatic rings. The van der Waals surface area contributed by atoms with Gasteiger partial charge in [-0.2, -0.15) is 0 Å². The van der Waals surface area contributed by atoms with Crippen LogP contribution in [0.4, 0.5) is 0 Å². The minimum atomic E-state index is -1.89. The van der Waals surface area contributed by atoms with Crippen molar-refractivity contribution in [2.75, 3.05) is 26.4 Å². The summed E-state index contributed by atoms with van der Waals surface area (Å²) in [6.45, 7) is 25.0. The van der Waals surface area contributed by atoms with Crippen LogP contribution in [-0.2, 0) is 23.9 Å². The van der Waals surface area contributed by atoms with Crippen molar-refractivity contribution in [2.45, 2.75) is 95.9 Å². The topological polar surface area (TPSA) is 36.9 Å². The van der Waals surface area contributed by atoms with Crippen LogP contribution in [-0.4, -0.2) is 49.2 Å². The molecule has 0 spiro atoms. The van der Waals surface area contributed by atoms with E-state index in [1.165, 1.54) is 0 Å². The summed E-state index contributed by atoms with van der Waals surface area (Å²) in [6.07, 6.45) is 0.601.